The summed E-state index contributed by atoms with van der Waals surface area (Å²) in [7, 11) is 0. The summed E-state index contributed by atoms with van der Waals surface area (Å²) >= 11 is 0. The van der Waals surface area contributed by atoms with Gasteiger partial charge in [0.15, 0.2) is 6.07 Å². The van der Waals surface area contributed by atoms with Crippen LogP contribution in [0.25, 0.3) is 11.1 Å². The van der Waals surface area contributed by atoms with E-state index in [1.54, 1.807) is 30.3 Å². The molecule has 4 heteroatoms. The van der Waals surface area contributed by atoms with Gasteiger partial charge in [0.25, 0.3) is 0 Å². The van der Waals surface area contributed by atoms with Gasteiger partial charge < -0.3 is 5.41 Å². The van der Waals surface area contributed by atoms with Gasteiger partial charge in [-0.2, -0.15) is 11.1 Å². The van der Waals surface area contributed by atoms with Crippen molar-refractivity contribution in [2.24, 2.45) is 0 Å². The van der Waals surface area contributed by atoms with Crippen molar-refractivity contribution in [1.82, 2.24) is 5.10 Å². The molecule has 0 N–H and O–H groups in total. The summed E-state index contributed by atoms with van der Waals surface area (Å²) in [6.45, 7) is 0. The van der Waals surface area contributed by atoms with Gasteiger partial charge in [-0.25, -0.2) is 0 Å². The fourth-order valence-corrected chi connectivity index (χ4v) is 0.589. The van der Waals surface area contributed by atoms with E-state index in [9.17, 15) is 0 Å². The van der Waals surface area contributed by atoms with Crippen LogP contribution in [0, 0.1) is 11.3 Å². The first-order valence-corrected chi connectivity index (χ1v) is 2.89. The average Bonchev–Trinajstić information content (AvgIpc) is 2.09. The predicted molar refractivity (Wildman–Crippen MR) is 38.1 cm³/mol. The predicted octanol–water partition coefficient (Wildman–Crippen LogP) is -0.0273. The first-order chi connectivity index (χ1) is 5.38. The van der Waals surface area contributed by atoms with Gasteiger partial charge in [-0.1, -0.05) is 0 Å². The minimum atomic E-state index is -0.0365. The molecule has 1 aromatic heterocycles. The van der Waals surface area contributed by atoms with Crippen LogP contribution in [-0.4, -0.2) is 11.0 Å². The Hall–Kier alpha value is -1.98. The fraction of sp³-hybridized carbons (Fsp3) is 0. The molecule has 0 aliphatic heterocycles. The normalized spacial score (nSPS) is 7.91. The molecule has 0 fully saturated rings. The summed E-state index contributed by atoms with van der Waals surface area (Å²) in [5.41, 5.74) is -0.0365. The van der Waals surface area contributed by atoms with E-state index in [1.807, 2.05) is 0 Å². The molecular weight excluding hydrogens is 140 g/mol. The zero-order chi connectivity index (χ0) is 8.10. The largest absolute Gasteiger partial charge is 0.757 e. The lowest BCUT2D eigenvalue weighted by Crippen LogP contribution is -2.35. The highest BCUT2D eigenvalue weighted by molar-refractivity contribution is 5.83. The maximum absolute atomic E-state index is 8.41. The number of nitriles is 1. The molecule has 0 atom stereocenters. The zero-order valence-electron chi connectivity index (χ0n) is 5.60. The molecule has 11 heavy (non-hydrogen) atoms. The molecule has 1 aromatic rings. The number of rotatable bonds is 1. The van der Waals surface area contributed by atoms with Crippen LogP contribution in [0.3, 0.4) is 0 Å². The Labute approximate surface area is 63.5 Å². The van der Waals surface area contributed by atoms with E-state index in [-0.39, 0.29) is 5.70 Å². The monoisotopic (exact) mass is 144 g/mol. The Morgan fingerprint density at radius 3 is 2.82 bits per heavy atom. The molecule has 0 aromatic carbocycles. The van der Waals surface area contributed by atoms with E-state index in [0.29, 0.717) is 0 Å². The maximum atomic E-state index is 8.41. The number of allylic oxidation sites excluding steroid dienone is 1. The second-order valence-electron chi connectivity index (χ2n) is 1.72. The molecule has 0 saturated carbocycles. The second kappa shape index (κ2) is 3.25. The minimum absolute atomic E-state index is 0.0365. The van der Waals surface area contributed by atoms with Crippen molar-refractivity contribution in [2.45, 2.75) is 0 Å². The second-order valence-corrected chi connectivity index (χ2v) is 1.72. The highest BCUT2D eigenvalue weighted by atomic mass is 15.3. The molecule has 52 valence electrons. The van der Waals surface area contributed by atoms with Crippen molar-refractivity contribution in [3.63, 3.8) is 0 Å². The van der Waals surface area contributed by atoms with Crippen LogP contribution in [0.1, 0.15) is 0 Å². The topological polar surface area (TPSA) is 62.9 Å². The van der Waals surface area contributed by atoms with Crippen LogP contribution in [0.4, 0.5) is 0 Å². The van der Waals surface area contributed by atoms with E-state index >= 15 is 0 Å². The number of nitrogens with zero attached hydrogens (tertiary/aromatic N) is 4. The van der Waals surface area contributed by atoms with Crippen molar-refractivity contribution in [3.8, 4) is 6.07 Å². The summed E-state index contributed by atoms with van der Waals surface area (Å²) in [6, 6.07) is 5.13. The molecule has 0 unspecified atom stereocenters. The summed E-state index contributed by atoms with van der Waals surface area (Å²) in [6.07, 6.45) is 3.05. The van der Waals surface area contributed by atoms with E-state index < -0.39 is 0 Å². The summed E-state index contributed by atoms with van der Waals surface area (Å²) < 4.78 is 1.22. The molecule has 0 saturated heterocycles. The van der Waals surface area contributed by atoms with Crippen LogP contribution >= 0.6 is 0 Å². The smallest absolute Gasteiger partial charge is 0.335 e. The molecule has 0 aliphatic rings. The molecule has 0 amide bonds. The Morgan fingerprint density at radius 1 is 1.55 bits per heavy atom. The molecule has 4 nitrogen and oxygen atoms in total. The lowest BCUT2D eigenvalue weighted by atomic mass is 10.5. The van der Waals surface area contributed by atoms with Crippen LogP contribution in [0.15, 0.2) is 24.5 Å². The van der Waals surface area contributed by atoms with Crippen LogP contribution in [0.2, 0.25) is 0 Å². The van der Waals surface area contributed by atoms with Crippen LogP contribution < -0.4 is 4.68 Å². The highest BCUT2D eigenvalue weighted by Crippen LogP contribution is 1.80. The van der Waals surface area contributed by atoms with Gasteiger partial charge in [0.2, 0.25) is 6.20 Å². The van der Waals surface area contributed by atoms with Gasteiger partial charge in [0.05, 0.1) is 6.20 Å². The standard InChI is InChI=1S/C7H4N4/c8-5-7(6-9)11-4-2-1-3-10-11/h1-4H. The number of hydrogen-bond acceptors (Lipinski definition) is 2. The molecule has 0 bridgehead atoms. The molecular formula is C7H4N4. The van der Waals surface area contributed by atoms with Crippen molar-refractivity contribution in [3.05, 3.63) is 29.9 Å². The summed E-state index contributed by atoms with van der Waals surface area (Å²) in [5, 5.41) is 20.6. The zero-order valence-corrected chi connectivity index (χ0v) is 5.60. The van der Waals surface area contributed by atoms with Crippen molar-refractivity contribution in [1.29, 1.82) is 5.26 Å². The van der Waals surface area contributed by atoms with E-state index in [4.69, 9.17) is 10.7 Å². The Kier molecular flexibility index (Phi) is 2.11. The van der Waals surface area contributed by atoms with Gasteiger partial charge in [0, 0.05) is 6.07 Å². The molecule has 1 rings (SSSR count). The first-order valence-electron chi connectivity index (χ1n) is 2.89. The highest BCUT2D eigenvalue weighted by Gasteiger charge is 2.04. The van der Waals surface area contributed by atoms with Crippen LogP contribution in [-0.2, 0) is 0 Å². The molecule has 0 spiro atoms. The van der Waals surface area contributed by atoms with Crippen molar-refractivity contribution < 1.29 is 4.68 Å². The lowest BCUT2D eigenvalue weighted by Gasteiger charge is -1.84. The molecule has 0 aliphatic carbocycles. The third-order valence-electron chi connectivity index (χ3n) is 1.06. The maximum Gasteiger partial charge on any atom is 0.335 e. The minimum Gasteiger partial charge on any atom is -0.757 e. The third-order valence-corrected chi connectivity index (χ3v) is 1.06. The van der Waals surface area contributed by atoms with E-state index in [2.05, 4.69) is 5.10 Å². The van der Waals surface area contributed by atoms with E-state index in [1.165, 1.54) is 10.9 Å². The quantitative estimate of drug-likeness (QED) is 0.315. The third kappa shape index (κ3) is 1.48. The average molecular weight is 144 g/mol. The summed E-state index contributed by atoms with van der Waals surface area (Å²) in [4.78, 5) is 0. The van der Waals surface area contributed by atoms with E-state index in [0.717, 1.165) is 0 Å². The summed E-state index contributed by atoms with van der Waals surface area (Å²) in [5.74, 6) is 1.72. The van der Waals surface area contributed by atoms with Gasteiger partial charge >= 0.3 is 5.70 Å². The SMILES string of the molecule is N#CC(=C=[N-])[n+]1ccccn1. The Balaban J connectivity index is 3.15. The van der Waals surface area contributed by atoms with Gasteiger partial charge in [-0.05, 0) is 15.8 Å². The van der Waals surface area contributed by atoms with Gasteiger partial charge in [0.1, 0.15) is 0 Å². The fourth-order valence-electron chi connectivity index (χ4n) is 0.589. The van der Waals surface area contributed by atoms with Crippen molar-refractivity contribution >= 4 is 11.6 Å². The molecule has 1 heterocycles. The lowest BCUT2D eigenvalue weighted by molar-refractivity contribution is -0.641. The van der Waals surface area contributed by atoms with Gasteiger partial charge in [-0.3, -0.25) is 0 Å². The number of aromatic nitrogens is 2. The van der Waals surface area contributed by atoms with Gasteiger partial charge in [-0.15, -0.1) is 0 Å². The number of hydrogen-bond donors (Lipinski definition) is 0. The molecule has 0 radical (unpaired) electrons. The Morgan fingerprint density at radius 2 is 2.36 bits per heavy atom. The Bertz CT molecular complexity index is 329. The first kappa shape index (κ1) is 7.13. The van der Waals surface area contributed by atoms with Crippen molar-refractivity contribution in [2.75, 3.05) is 0 Å². The van der Waals surface area contributed by atoms with Crippen LogP contribution in [0.5, 0.6) is 0 Å².